The molecule has 2 aromatic heterocycles. The number of carbonyl (C=O) groups is 1. The molecule has 0 spiro atoms. The maximum Gasteiger partial charge on any atom is 0.241 e. The van der Waals surface area contributed by atoms with Crippen LogP contribution in [0.4, 0.5) is 0 Å². The molecule has 0 saturated carbocycles. The average Bonchev–Trinajstić information content (AvgIpc) is 3.34. The van der Waals surface area contributed by atoms with Gasteiger partial charge < -0.3 is 8.94 Å². The van der Waals surface area contributed by atoms with Crippen LogP contribution < -0.4 is 0 Å². The molecule has 3 heterocycles. The molecular formula is C19H19N3O3. The molecule has 25 heavy (non-hydrogen) atoms. The molecule has 0 N–H and O–H groups in total. The van der Waals surface area contributed by atoms with Crippen molar-refractivity contribution in [3.05, 3.63) is 60.2 Å². The van der Waals surface area contributed by atoms with Crippen LogP contribution in [0.3, 0.4) is 0 Å². The van der Waals surface area contributed by atoms with Crippen molar-refractivity contribution in [1.82, 2.24) is 15.0 Å². The second-order valence-corrected chi connectivity index (χ2v) is 6.27. The predicted octanol–water partition coefficient (Wildman–Crippen LogP) is 3.42. The Balaban J connectivity index is 1.33. The van der Waals surface area contributed by atoms with E-state index in [4.69, 9.17) is 8.94 Å². The van der Waals surface area contributed by atoms with Gasteiger partial charge in [-0.2, -0.15) is 4.98 Å². The average molecular weight is 337 g/mol. The summed E-state index contributed by atoms with van der Waals surface area (Å²) in [5.74, 6) is 1.98. The highest BCUT2D eigenvalue weighted by Gasteiger charge is 2.26. The van der Waals surface area contributed by atoms with E-state index in [2.05, 4.69) is 15.0 Å². The minimum absolute atomic E-state index is 0.0972. The van der Waals surface area contributed by atoms with Crippen LogP contribution in [-0.4, -0.2) is 33.9 Å². The van der Waals surface area contributed by atoms with Crippen molar-refractivity contribution in [2.24, 2.45) is 5.92 Å². The summed E-state index contributed by atoms with van der Waals surface area (Å²) in [6, 6.07) is 13.1. The number of benzene rings is 1. The first-order valence-corrected chi connectivity index (χ1v) is 8.47. The van der Waals surface area contributed by atoms with Gasteiger partial charge in [0.2, 0.25) is 11.7 Å². The molecule has 6 heteroatoms. The second kappa shape index (κ2) is 7.03. The summed E-state index contributed by atoms with van der Waals surface area (Å²) in [7, 11) is 0. The van der Waals surface area contributed by atoms with Crippen molar-refractivity contribution in [3.63, 3.8) is 0 Å². The maximum atomic E-state index is 12.5. The van der Waals surface area contributed by atoms with E-state index in [0.717, 1.165) is 31.5 Å². The summed E-state index contributed by atoms with van der Waals surface area (Å²) in [5.41, 5.74) is 0.806. The van der Waals surface area contributed by atoms with Gasteiger partial charge in [0, 0.05) is 11.5 Å². The Morgan fingerprint density at radius 1 is 1.12 bits per heavy atom. The number of rotatable bonds is 5. The number of hydrogen-bond acceptors (Lipinski definition) is 6. The fourth-order valence-electron chi connectivity index (χ4n) is 3.21. The molecule has 1 saturated heterocycles. The Morgan fingerprint density at radius 3 is 2.64 bits per heavy atom. The first kappa shape index (κ1) is 15.8. The van der Waals surface area contributed by atoms with Crippen LogP contribution in [0.25, 0.3) is 11.6 Å². The molecule has 4 rings (SSSR count). The van der Waals surface area contributed by atoms with Gasteiger partial charge in [-0.1, -0.05) is 35.5 Å². The molecule has 1 aliphatic heterocycles. The lowest BCUT2D eigenvalue weighted by atomic mass is 9.89. The van der Waals surface area contributed by atoms with Crippen LogP contribution in [0.5, 0.6) is 0 Å². The molecule has 0 atom stereocenters. The lowest BCUT2D eigenvalue weighted by Crippen LogP contribution is -2.36. The van der Waals surface area contributed by atoms with E-state index in [-0.39, 0.29) is 11.7 Å². The molecule has 6 nitrogen and oxygen atoms in total. The Hall–Kier alpha value is -2.73. The summed E-state index contributed by atoms with van der Waals surface area (Å²) in [4.78, 5) is 19.1. The fourth-order valence-corrected chi connectivity index (χ4v) is 3.21. The second-order valence-electron chi connectivity index (χ2n) is 6.27. The third-order valence-corrected chi connectivity index (χ3v) is 4.59. The number of carbonyl (C=O) groups excluding carboxylic acids is 1. The van der Waals surface area contributed by atoms with E-state index in [9.17, 15) is 4.79 Å². The normalized spacial score (nSPS) is 16.2. The standard InChI is InChI=1S/C19H19N3O3/c23-18(14-5-2-1-3-6-14)15-8-10-22(11-9-15)13-17-20-19(21-25-17)16-7-4-12-24-16/h1-7,12,15H,8-11,13H2. The Labute approximate surface area is 145 Å². The summed E-state index contributed by atoms with van der Waals surface area (Å²) in [6.07, 6.45) is 3.29. The predicted molar refractivity (Wildman–Crippen MR) is 90.8 cm³/mol. The summed E-state index contributed by atoms with van der Waals surface area (Å²) >= 11 is 0. The number of likely N-dealkylation sites (tertiary alicyclic amines) is 1. The number of hydrogen-bond donors (Lipinski definition) is 0. The minimum Gasteiger partial charge on any atom is -0.461 e. The number of Topliss-reactive ketones (excluding diaryl/α,β-unsaturated/α-hetero) is 1. The van der Waals surface area contributed by atoms with Crippen molar-refractivity contribution in [2.75, 3.05) is 13.1 Å². The smallest absolute Gasteiger partial charge is 0.241 e. The van der Waals surface area contributed by atoms with Gasteiger partial charge in [-0.15, -0.1) is 0 Å². The highest BCUT2D eigenvalue weighted by molar-refractivity contribution is 5.97. The van der Waals surface area contributed by atoms with Gasteiger partial charge in [0.05, 0.1) is 12.8 Å². The topological polar surface area (TPSA) is 72.4 Å². The van der Waals surface area contributed by atoms with Crippen molar-refractivity contribution >= 4 is 5.78 Å². The van der Waals surface area contributed by atoms with E-state index in [0.29, 0.717) is 24.0 Å². The van der Waals surface area contributed by atoms with E-state index in [1.807, 2.05) is 30.3 Å². The third kappa shape index (κ3) is 3.53. The van der Waals surface area contributed by atoms with Crippen LogP contribution >= 0.6 is 0 Å². The molecular weight excluding hydrogens is 318 g/mol. The highest BCUT2D eigenvalue weighted by atomic mass is 16.5. The Kier molecular flexibility index (Phi) is 4.43. The zero-order chi connectivity index (χ0) is 17.1. The molecule has 3 aromatic rings. The Morgan fingerprint density at radius 2 is 1.92 bits per heavy atom. The number of furan rings is 1. The van der Waals surface area contributed by atoms with Crippen molar-refractivity contribution in [1.29, 1.82) is 0 Å². The van der Waals surface area contributed by atoms with Crippen LogP contribution in [0.2, 0.25) is 0 Å². The molecule has 1 fully saturated rings. The summed E-state index contributed by atoms with van der Waals surface area (Å²) in [6.45, 7) is 2.30. The quantitative estimate of drug-likeness (QED) is 0.664. The molecule has 0 unspecified atom stereocenters. The van der Waals surface area contributed by atoms with E-state index in [1.54, 1.807) is 18.4 Å². The maximum absolute atomic E-state index is 12.5. The first-order chi connectivity index (χ1) is 12.3. The molecule has 0 radical (unpaired) electrons. The molecule has 0 aliphatic carbocycles. The van der Waals surface area contributed by atoms with Crippen molar-refractivity contribution in [3.8, 4) is 11.6 Å². The minimum atomic E-state index is 0.0972. The summed E-state index contributed by atoms with van der Waals surface area (Å²) < 4.78 is 10.6. The lowest BCUT2D eigenvalue weighted by molar-refractivity contribution is 0.0825. The highest BCUT2D eigenvalue weighted by Crippen LogP contribution is 2.23. The van der Waals surface area contributed by atoms with Gasteiger partial charge >= 0.3 is 0 Å². The third-order valence-electron chi connectivity index (χ3n) is 4.59. The monoisotopic (exact) mass is 337 g/mol. The largest absolute Gasteiger partial charge is 0.461 e. The number of ketones is 1. The number of nitrogens with zero attached hydrogens (tertiary/aromatic N) is 3. The van der Waals surface area contributed by atoms with Crippen molar-refractivity contribution in [2.45, 2.75) is 19.4 Å². The zero-order valence-electron chi connectivity index (χ0n) is 13.8. The summed E-state index contributed by atoms with van der Waals surface area (Å²) in [5, 5.41) is 3.95. The molecule has 128 valence electrons. The van der Waals surface area contributed by atoms with Gasteiger partial charge in [-0.05, 0) is 38.1 Å². The Bertz CT molecular complexity index is 819. The molecule has 0 amide bonds. The number of piperidine rings is 1. The van der Waals surface area contributed by atoms with Gasteiger partial charge in [0.15, 0.2) is 11.5 Å². The van der Waals surface area contributed by atoms with Crippen LogP contribution in [0.1, 0.15) is 29.1 Å². The van der Waals surface area contributed by atoms with Crippen LogP contribution in [0, 0.1) is 5.92 Å². The molecule has 0 bridgehead atoms. The van der Waals surface area contributed by atoms with E-state index >= 15 is 0 Å². The lowest BCUT2D eigenvalue weighted by Gasteiger charge is -2.30. The van der Waals surface area contributed by atoms with Gasteiger partial charge in [0.25, 0.3) is 0 Å². The molecule has 1 aliphatic rings. The van der Waals surface area contributed by atoms with Gasteiger partial charge in [-0.3, -0.25) is 9.69 Å². The van der Waals surface area contributed by atoms with Gasteiger partial charge in [0.1, 0.15) is 0 Å². The zero-order valence-corrected chi connectivity index (χ0v) is 13.8. The first-order valence-electron chi connectivity index (χ1n) is 8.47. The van der Waals surface area contributed by atoms with Crippen LogP contribution in [-0.2, 0) is 6.54 Å². The van der Waals surface area contributed by atoms with Crippen molar-refractivity contribution < 1.29 is 13.7 Å². The SMILES string of the molecule is O=C(c1ccccc1)C1CCN(Cc2nc(-c3ccco3)no2)CC1. The van der Waals surface area contributed by atoms with Crippen LogP contribution in [0.15, 0.2) is 57.7 Å². The number of aromatic nitrogens is 2. The van der Waals surface area contributed by atoms with E-state index in [1.165, 1.54) is 0 Å². The molecule has 1 aromatic carbocycles. The van der Waals surface area contributed by atoms with E-state index < -0.39 is 0 Å². The van der Waals surface area contributed by atoms with Gasteiger partial charge in [-0.25, -0.2) is 0 Å². The fraction of sp³-hybridized carbons (Fsp3) is 0.316.